The molecule has 1 saturated heterocycles. The number of hydrogen-bond donors (Lipinski definition) is 5. The molecule has 1 spiro atoms. The molecule has 2 aliphatic heterocycles. The standard InChI is InChI=1S/C27H33NO12/c1-12(23(32)33)38-24(34)13(2)37-19(31)11-16(30)25(35)39-17-6-7-27(36)18-10-14-4-5-15(29)21-20(14)26(27,22(17)40-21)8-9-28(18)3/h4-6,12-13,16,18-19,22,29-31,36H,7-11H2,1-3H3,(H,32,33)/t12-,13-,16-,18+,19?,22-,26?,27+/m0/s1. The molecule has 4 aliphatic rings. The summed E-state index contributed by atoms with van der Waals surface area (Å²) in [6.07, 6.45) is -5.30. The molecule has 0 amide bonds. The van der Waals surface area contributed by atoms with Gasteiger partial charge in [-0.1, -0.05) is 6.07 Å². The zero-order valence-electron chi connectivity index (χ0n) is 22.3. The first kappa shape index (κ1) is 28.3. The lowest BCUT2D eigenvalue weighted by Gasteiger charge is -2.61. The van der Waals surface area contributed by atoms with Gasteiger partial charge in [0, 0.05) is 24.4 Å². The van der Waals surface area contributed by atoms with Crippen LogP contribution in [0, 0.1) is 0 Å². The van der Waals surface area contributed by atoms with Crippen molar-refractivity contribution in [2.24, 2.45) is 0 Å². The Labute approximate surface area is 229 Å². The number of phenolic OH excluding ortho intramolecular Hbond substituents is 1. The molecule has 1 fully saturated rings. The fourth-order valence-electron chi connectivity index (χ4n) is 6.58. The summed E-state index contributed by atoms with van der Waals surface area (Å²) in [4.78, 5) is 37.8. The number of likely N-dealkylation sites (tertiary alicyclic amines) is 1. The Bertz CT molecular complexity index is 1260. The SMILES string of the molecule is C[C@H](OC(=O)[C@H](C)OC(O)C[C@H](O)C(=O)OC1=CC[C@@]2(O)[C@H]3Cc4ccc(O)c5c4C2(CCN3C)[C@H]1O5)C(=O)O. The van der Waals surface area contributed by atoms with Gasteiger partial charge in [-0.25, -0.2) is 14.4 Å². The highest BCUT2D eigenvalue weighted by atomic mass is 16.6. The highest BCUT2D eigenvalue weighted by molar-refractivity contribution is 5.80. The van der Waals surface area contributed by atoms with Crippen LogP contribution in [0.3, 0.4) is 0 Å². The average Bonchev–Trinajstić information content (AvgIpc) is 3.25. The number of carboxylic acid groups (broad SMARTS) is 1. The van der Waals surface area contributed by atoms with E-state index in [0.717, 1.165) is 12.5 Å². The second-order valence-corrected chi connectivity index (χ2v) is 10.9. The summed E-state index contributed by atoms with van der Waals surface area (Å²) in [6, 6.07) is 3.14. The normalized spacial score (nSPS) is 31.1. The van der Waals surface area contributed by atoms with Crippen LogP contribution >= 0.6 is 0 Å². The van der Waals surface area contributed by atoms with Crippen molar-refractivity contribution >= 4 is 17.9 Å². The zero-order chi connectivity index (χ0) is 29.1. The van der Waals surface area contributed by atoms with E-state index in [4.69, 9.17) is 19.3 Å². The molecule has 218 valence electrons. The Morgan fingerprint density at radius 2 is 1.90 bits per heavy atom. The van der Waals surface area contributed by atoms with Crippen molar-refractivity contribution in [1.29, 1.82) is 0 Å². The maximum Gasteiger partial charge on any atom is 0.344 e. The predicted molar refractivity (Wildman–Crippen MR) is 133 cm³/mol. The number of piperidine rings is 1. The van der Waals surface area contributed by atoms with Crippen LogP contribution in [0.1, 0.15) is 44.2 Å². The molecule has 2 heterocycles. The molecule has 13 heteroatoms. The average molecular weight is 564 g/mol. The molecule has 2 bridgehead atoms. The Kier molecular flexibility index (Phi) is 7.07. The number of carbonyl (C=O) groups is 3. The lowest BCUT2D eigenvalue weighted by molar-refractivity contribution is -0.192. The van der Waals surface area contributed by atoms with Gasteiger partial charge >= 0.3 is 17.9 Å². The van der Waals surface area contributed by atoms with Crippen LogP contribution in [0.2, 0.25) is 0 Å². The summed E-state index contributed by atoms with van der Waals surface area (Å²) in [7, 11) is 1.95. The Morgan fingerprint density at radius 3 is 2.60 bits per heavy atom. The van der Waals surface area contributed by atoms with E-state index in [-0.39, 0.29) is 29.7 Å². The van der Waals surface area contributed by atoms with E-state index in [1.54, 1.807) is 12.1 Å². The molecular formula is C27H33NO12. The van der Waals surface area contributed by atoms with E-state index >= 15 is 0 Å². The number of aliphatic hydroxyl groups excluding tert-OH is 2. The molecule has 0 saturated carbocycles. The Morgan fingerprint density at radius 1 is 1.18 bits per heavy atom. The number of likely N-dealkylation sites (N-methyl/N-ethyl adjacent to an activating group) is 1. The zero-order valence-corrected chi connectivity index (χ0v) is 22.3. The molecule has 1 aromatic rings. The van der Waals surface area contributed by atoms with Gasteiger partial charge in [0.15, 0.2) is 42.2 Å². The van der Waals surface area contributed by atoms with Crippen LogP contribution in [0.25, 0.3) is 0 Å². The fraction of sp³-hybridized carbons (Fsp3) is 0.593. The number of aromatic hydroxyl groups is 1. The van der Waals surface area contributed by atoms with Gasteiger partial charge in [0.2, 0.25) is 0 Å². The second kappa shape index (κ2) is 10.00. The van der Waals surface area contributed by atoms with Gasteiger partial charge in [-0.3, -0.25) is 0 Å². The van der Waals surface area contributed by atoms with Gasteiger partial charge in [0.1, 0.15) is 5.76 Å². The maximum atomic E-state index is 12.9. The largest absolute Gasteiger partial charge is 0.504 e. The van der Waals surface area contributed by atoms with Crippen molar-refractivity contribution in [2.45, 2.75) is 87.3 Å². The minimum absolute atomic E-state index is 0.0792. The molecule has 13 nitrogen and oxygen atoms in total. The van der Waals surface area contributed by atoms with E-state index in [1.165, 1.54) is 6.92 Å². The van der Waals surface area contributed by atoms with Gasteiger partial charge in [-0.05, 0) is 58.0 Å². The van der Waals surface area contributed by atoms with Crippen LogP contribution in [-0.2, 0) is 40.4 Å². The predicted octanol–water partition coefficient (Wildman–Crippen LogP) is -0.296. The van der Waals surface area contributed by atoms with Gasteiger partial charge < -0.3 is 49.4 Å². The molecule has 0 radical (unpaired) electrons. The summed E-state index contributed by atoms with van der Waals surface area (Å²) < 4.78 is 21.5. The number of phenols is 1. The number of ether oxygens (including phenoxy) is 4. The molecule has 2 aliphatic carbocycles. The number of hydrogen-bond acceptors (Lipinski definition) is 12. The van der Waals surface area contributed by atoms with Crippen molar-refractivity contribution in [1.82, 2.24) is 4.90 Å². The van der Waals surface area contributed by atoms with Crippen LogP contribution in [0.4, 0.5) is 0 Å². The van der Waals surface area contributed by atoms with Crippen LogP contribution in [0.5, 0.6) is 11.5 Å². The van der Waals surface area contributed by atoms with Gasteiger partial charge in [0.25, 0.3) is 0 Å². The van der Waals surface area contributed by atoms with Gasteiger partial charge in [0.05, 0.1) is 11.0 Å². The maximum absolute atomic E-state index is 12.9. The van der Waals surface area contributed by atoms with Crippen molar-refractivity contribution < 1.29 is 58.9 Å². The van der Waals surface area contributed by atoms with Crippen molar-refractivity contribution in [2.75, 3.05) is 13.6 Å². The number of aliphatic carboxylic acids is 1. The summed E-state index contributed by atoms with van der Waals surface area (Å²) in [5.41, 5.74) is -0.576. The number of aliphatic hydroxyl groups is 3. The first-order valence-corrected chi connectivity index (χ1v) is 13.1. The number of rotatable bonds is 9. The van der Waals surface area contributed by atoms with Crippen molar-refractivity contribution in [3.63, 3.8) is 0 Å². The minimum atomic E-state index is -1.86. The highest BCUT2D eigenvalue weighted by Crippen LogP contribution is 2.65. The van der Waals surface area contributed by atoms with E-state index in [1.807, 2.05) is 13.1 Å². The molecule has 8 atom stereocenters. The Balaban J connectivity index is 1.30. The summed E-state index contributed by atoms with van der Waals surface area (Å²) in [6.45, 7) is 3.01. The van der Waals surface area contributed by atoms with Crippen LogP contribution in [-0.4, -0.2) is 104 Å². The van der Waals surface area contributed by atoms with Crippen molar-refractivity contribution in [3.8, 4) is 11.5 Å². The van der Waals surface area contributed by atoms with Crippen LogP contribution in [0.15, 0.2) is 24.0 Å². The second-order valence-electron chi connectivity index (χ2n) is 10.9. The fourth-order valence-corrected chi connectivity index (χ4v) is 6.58. The number of carboxylic acids is 1. The summed E-state index contributed by atoms with van der Waals surface area (Å²) in [5, 5.41) is 52.2. The van der Waals surface area contributed by atoms with Gasteiger partial charge in [-0.2, -0.15) is 0 Å². The van der Waals surface area contributed by atoms with E-state index in [9.17, 15) is 34.8 Å². The van der Waals surface area contributed by atoms with E-state index in [2.05, 4.69) is 9.64 Å². The number of esters is 2. The Hall–Kier alpha value is -3.23. The molecular weight excluding hydrogens is 530 g/mol. The summed E-state index contributed by atoms with van der Waals surface area (Å²) in [5.74, 6) is -3.28. The lowest BCUT2D eigenvalue weighted by atomic mass is 9.50. The number of nitrogens with zero attached hydrogens (tertiary/aromatic N) is 1. The van der Waals surface area contributed by atoms with E-state index in [0.29, 0.717) is 24.9 Å². The first-order valence-electron chi connectivity index (χ1n) is 13.1. The summed E-state index contributed by atoms with van der Waals surface area (Å²) >= 11 is 0. The minimum Gasteiger partial charge on any atom is -0.504 e. The molecule has 0 aromatic heterocycles. The monoisotopic (exact) mass is 563 g/mol. The number of benzene rings is 1. The molecule has 5 rings (SSSR count). The van der Waals surface area contributed by atoms with E-state index < -0.39 is 66.1 Å². The highest BCUT2D eigenvalue weighted by Gasteiger charge is 2.72. The molecule has 5 N–H and O–H groups in total. The quantitative estimate of drug-likeness (QED) is 0.195. The third-order valence-corrected chi connectivity index (χ3v) is 8.60. The van der Waals surface area contributed by atoms with Crippen LogP contribution < -0.4 is 4.74 Å². The number of carbonyl (C=O) groups excluding carboxylic acids is 2. The third-order valence-electron chi connectivity index (χ3n) is 8.60. The van der Waals surface area contributed by atoms with Gasteiger partial charge in [-0.15, -0.1) is 0 Å². The van der Waals surface area contributed by atoms with Crippen molar-refractivity contribution in [3.05, 3.63) is 35.1 Å². The molecule has 40 heavy (non-hydrogen) atoms. The first-order chi connectivity index (χ1) is 18.8. The molecule has 2 unspecified atom stereocenters. The molecule has 1 aromatic carbocycles. The smallest absolute Gasteiger partial charge is 0.344 e. The topological polar surface area (TPSA) is 193 Å². The third kappa shape index (κ3) is 4.23. The lowest BCUT2D eigenvalue weighted by Crippen LogP contribution is -2.74.